The number of nitrogen functional groups attached to an aromatic ring is 1. The number of hydrogen-bond donors (Lipinski definition) is 5. The first kappa shape index (κ1) is 25.8. The van der Waals surface area contributed by atoms with Crippen LogP contribution in [-0.4, -0.2) is 36.0 Å². The molecule has 10 heteroatoms. The van der Waals surface area contributed by atoms with E-state index in [0.717, 1.165) is 12.8 Å². The number of benzene rings is 3. The Bertz CT molecular complexity index is 1310. The number of amides is 1. The zero-order valence-corrected chi connectivity index (χ0v) is 20.7. The molecular formula is C27H27ClN4O5. The van der Waals surface area contributed by atoms with Crippen LogP contribution in [0.25, 0.3) is 0 Å². The molecule has 1 saturated carbocycles. The molecule has 37 heavy (non-hydrogen) atoms. The molecule has 0 heterocycles. The summed E-state index contributed by atoms with van der Waals surface area (Å²) in [6, 6.07) is 16.9. The van der Waals surface area contributed by atoms with Crippen molar-refractivity contribution in [2.45, 2.75) is 19.4 Å². The first-order valence-corrected chi connectivity index (χ1v) is 12.1. The van der Waals surface area contributed by atoms with E-state index in [2.05, 4.69) is 10.6 Å². The van der Waals surface area contributed by atoms with Gasteiger partial charge in [-0.05, 0) is 67.3 Å². The van der Waals surface area contributed by atoms with Gasteiger partial charge in [-0.1, -0.05) is 23.7 Å². The average molecular weight is 523 g/mol. The van der Waals surface area contributed by atoms with Crippen molar-refractivity contribution in [2.75, 3.05) is 23.8 Å². The van der Waals surface area contributed by atoms with Gasteiger partial charge in [0, 0.05) is 34.1 Å². The van der Waals surface area contributed by atoms with Crippen LogP contribution < -0.4 is 25.8 Å². The molecule has 1 amide bonds. The molecule has 0 aliphatic heterocycles. The predicted molar refractivity (Wildman–Crippen MR) is 142 cm³/mol. The molecule has 0 atom stereocenters. The molecule has 9 nitrogen and oxygen atoms in total. The number of ether oxygens (including phenoxy) is 2. The maximum absolute atomic E-state index is 13.1. The highest BCUT2D eigenvalue weighted by Crippen LogP contribution is 2.35. The third-order valence-electron chi connectivity index (χ3n) is 5.72. The smallest absolute Gasteiger partial charge is 0.341 e. The fourth-order valence-corrected chi connectivity index (χ4v) is 3.76. The van der Waals surface area contributed by atoms with Gasteiger partial charge in [0.2, 0.25) is 0 Å². The van der Waals surface area contributed by atoms with E-state index in [4.69, 9.17) is 37.3 Å². The number of carboxylic acids is 1. The number of nitrogens with one attached hydrogen (secondary N) is 3. The zero-order chi connectivity index (χ0) is 26.4. The highest BCUT2D eigenvalue weighted by Gasteiger charge is 2.23. The minimum Gasteiger partial charge on any atom is -0.489 e. The summed E-state index contributed by atoms with van der Waals surface area (Å²) in [4.78, 5) is 24.2. The van der Waals surface area contributed by atoms with Crippen molar-refractivity contribution in [3.8, 4) is 11.5 Å². The third-order valence-corrected chi connectivity index (χ3v) is 5.96. The molecule has 0 radical (unpaired) electrons. The molecule has 1 aliphatic rings. The SMILES string of the molecule is N=C(N)c1ccc(NC(=O)c2cc(Cl)ccc2NCc2cccc(OCC3CC3)c2OCC(=O)O)cc1. The summed E-state index contributed by atoms with van der Waals surface area (Å²) in [5.74, 6) is -0.191. The van der Waals surface area contributed by atoms with E-state index in [1.807, 2.05) is 6.07 Å². The van der Waals surface area contributed by atoms with Crippen LogP contribution in [0.5, 0.6) is 11.5 Å². The Morgan fingerprint density at radius 1 is 1.08 bits per heavy atom. The minimum absolute atomic E-state index is 0.0621. The van der Waals surface area contributed by atoms with Gasteiger partial charge in [0.05, 0.1) is 12.2 Å². The van der Waals surface area contributed by atoms with Crippen LogP contribution in [0.1, 0.15) is 34.3 Å². The van der Waals surface area contributed by atoms with Crippen molar-refractivity contribution in [1.82, 2.24) is 0 Å². The normalized spacial score (nSPS) is 12.5. The second-order valence-electron chi connectivity index (χ2n) is 8.67. The summed E-state index contributed by atoms with van der Waals surface area (Å²) in [5, 5.41) is 23.1. The first-order chi connectivity index (χ1) is 17.8. The second kappa shape index (κ2) is 11.7. The quantitative estimate of drug-likeness (QED) is 0.170. The van der Waals surface area contributed by atoms with E-state index < -0.39 is 12.6 Å². The molecule has 0 aromatic heterocycles. The van der Waals surface area contributed by atoms with Crippen LogP contribution >= 0.6 is 11.6 Å². The number of rotatable bonds is 12. The monoisotopic (exact) mass is 522 g/mol. The Kier molecular flexibility index (Phi) is 8.15. The van der Waals surface area contributed by atoms with Gasteiger partial charge in [0.25, 0.3) is 5.91 Å². The number of halogens is 1. The van der Waals surface area contributed by atoms with Gasteiger partial charge in [-0.2, -0.15) is 0 Å². The molecule has 192 valence electrons. The average Bonchev–Trinajstić information content (AvgIpc) is 3.70. The van der Waals surface area contributed by atoms with Gasteiger partial charge < -0.3 is 30.9 Å². The lowest BCUT2D eigenvalue weighted by atomic mass is 10.1. The van der Waals surface area contributed by atoms with Gasteiger partial charge in [-0.25, -0.2) is 4.79 Å². The Labute approximate surface area is 219 Å². The highest BCUT2D eigenvalue weighted by atomic mass is 35.5. The largest absolute Gasteiger partial charge is 0.489 e. The molecule has 1 aliphatic carbocycles. The van der Waals surface area contributed by atoms with Crippen LogP contribution in [0.15, 0.2) is 60.7 Å². The highest BCUT2D eigenvalue weighted by molar-refractivity contribution is 6.31. The molecule has 3 aromatic rings. The predicted octanol–water partition coefficient (Wildman–Crippen LogP) is 4.74. The molecule has 0 bridgehead atoms. The van der Waals surface area contributed by atoms with E-state index in [1.165, 1.54) is 0 Å². The summed E-state index contributed by atoms with van der Waals surface area (Å²) in [6.07, 6.45) is 2.24. The van der Waals surface area contributed by atoms with Crippen molar-refractivity contribution in [1.29, 1.82) is 5.41 Å². The number of hydrogen-bond acceptors (Lipinski definition) is 6. The summed E-state index contributed by atoms with van der Waals surface area (Å²) in [5.41, 5.74) is 8.09. The van der Waals surface area contributed by atoms with Crippen molar-refractivity contribution in [3.05, 3.63) is 82.4 Å². The molecular weight excluding hydrogens is 496 g/mol. The maximum Gasteiger partial charge on any atom is 0.341 e. The van der Waals surface area contributed by atoms with E-state index in [0.29, 0.717) is 57.1 Å². The number of aliphatic carboxylic acids is 1. The van der Waals surface area contributed by atoms with E-state index >= 15 is 0 Å². The van der Waals surface area contributed by atoms with Crippen molar-refractivity contribution in [2.24, 2.45) is 11.7 Å². The number of carboxylic acid groups (broad SMARTS) is 1. The fourth-order valence-electron chi connectivity index (χ4n) is 3.58. The van der Waals surface area contributed by atoms with Crippen molar-refractivity contribution < 1.29 is 24.2 Å². The topological polar surface area (TPSA) is 147 Å². The Hall–Kier alpha value is -4.24. The zero-order valence-electron chi connectivity index (χ0n) is 19.9. The van der Waals surface area contributed by atoms with E-state index in [-0.39, 0.29) is 18.3 Å². The number of para-hydroxylation sites is 1. The lowest BCUT2D eigenvalue weighted by Gasteiger charge is -2.17. The van der Waals surface area contributed by atoms with Crippen LogP contribution in [0.3, 0.4) is 0 Å². The number of amidine groups is 1. The van der Waals surface area contributed by atoms with Gasteiger partial charge in [0.15, 0.2) is 18.1 Å². The molecule has 0 spiro atoms. The van der Waals surface area contributed by atoms with Gasteiger partial charge in [0.1, 0.15) is 5.84 Å². The Morgan fingerprint density at radius 2 is 1.84 bits per heavy atom. The molecule has 1 fully saturated rings. The summed E-state index contributed by atoms with van der Waals surface area (Å²) in [6.45, 7) is 0.286. The number of nitrogens with two attached hydrogens (primary N) is 1. The molecule has 6 N–H and O–H groups in total. The van der Waals surface area contributed by atoms with E-state index in [1.54, 1.807) is 54.6 Å². The number of carbonyl (C=O) groups is 2. The molecule has 0 saturated heterocycles. The maximum atomic E-state index is 13.1. The fraction of sp³-hybridized carbons (Fsp3) is 0.222. The Balaban J connectivity index is 1.52. The molecule has 4 rings (SSSR count). The van der Waals surface area contributed by atoms with Gasteiger partial charge in [-0.15, -0.1) is 0 Å². The van der Waals surface area contributed by atoms with Crippen LogP contribution in [0.2, 0.25) is 5.02 Å². The number of carbonyl (C=O) groups excluding carboxylic acids is 1. The lowest BCUT2D eigenvalue weighted by Crippen LogP contribution is -2.16. The minimum atomic E-state index is -1.09. The second-order valence-corrected chi connectivity index (χ2v) is 9.11. The summed E-state index contributed by atoms with van der Waals surface area (Å²) >= 11 is 6.18. The Morgan fingerprint density at radius 3 is 2.51 bits per heavy atom. The van der Waals surface area contributed by atoms with Crippen LogP contribution in [-0.2, 0) is 11.3 Å². The third kappa shape index (κ3) is 7.14. The van der Waals surface area contributed by atoms with Crippen molar-refractivity contribution in [3.63, 3.8) is 0 Å². The van der Waals surface area contributed by atoms with Crippen LogP contribution in [0.4, 0.5) is 11.4 Å². The standard InChI is InChI=1S/C27H27ClN4O5/c28-19-8-11-22(21(12-19)27(35)32-20-9-6-17(7-10-20)26(29)30)31-13-18-2-1-3-23(36-14-16-4-5-16)25(18)37-15-24(33)34/h1-3,6-12,16,31H,4-5,13-15H2,(H3,29,30)(H,32,35)(H,33,34). The molecule has 0 unspecified atom stereocenters. The molecule has 3 aromatic carbocycles. The summed E-state index contributed by atoms with van der Waals surface area (Å²) in [7, 11) is 0. The van der Waals surface area contributed by atoms with Crippen LogP contribution in [0, 0.1) is 11.3 Å². The lowest BCUT2D eigenvalue weighted by molar-refractivity contribution is -0.139. The van der Waals surface area contributed by atoms with Gasteiger partial charge >= 0.3 is 5.97 Å². The first-order valence-electron chi connectivity index (χ1n) is 11.7. The number of anilines is 2. The van der Waals surface area contributed by atoms with Gasteiger partial charge in [-0.3, -0.25) is 10.2 Å². The summed E-state index contributed by atoms with van der Waals surface area (Å²) < 4.78 is 11.5. The van der Waals surface area contributed by atoms with Crippen molar-refractivity contribution >= 4 is 40.7 Å². The van der Waals surface area contributed by atoms with E-state index in [9.17, 15) is 9.59 Å².